The number of nitrogens with one attached hydrogen (secondary N) is 1. The van der Waals surface area contributed by atoms with Crippen LogP contribution in [0.2, 0.25) is 0 Å². The lowest BCUT2D eigenvalue weighted by Gasteiger charge is -2.11. The Morgan fingerprint density at radius 3 is 3.06 bits per heavy atom. The largest absolute Gasteiger partial charge is 0.299 e. The third-order valence-electron chi connectivity index (χ3n) is 2.47. The van der Waals surface area contributed by atoms with Gasteiger partial charge in [-0.25, -0.2) is 15.4 Å². The minimum Gasteiger partial charge on any atom is -0.282 e. The highest BCUT2D eigenvalue weighted by Crippen LogP contribution is 2.17. The van der Waals surface area contributed by atoms with Gasteiger partial charge in [-0.1, -0.05) is 11.8 Å². The number of rotatable bonds is 1. The van der Waals surface area contributed by atoms with E-state index < -0.39 is 0 Å². The van der Waals surface area contributed by atoms with Crippen LogP contribution < -0.4 is 5.43 Å². The molecule has 0 atom stereocenters. The lowest BCUT2D eigenvalue weighted by atomic mass is 10.2. The first-order valence-electron chi connectivity index (χ1n) is 5.05. The second kappa shape index (κ2) is 5.07. The van der Waals surface area contributed by atoms with E-state index in [9.17, 15) is 4.79 Å². The molecule has 3 heterocycles. The zero-order valence-electron chi connectivity index (χ0n) is 9.45. The number of fused-ring (bicyclic) bond motifs is 1. The zero-order chi connectivity index (χ0) is 11.8. The molecule has 0 unspecified atom stereocenters. The standard InChI is InChI=1S/C10H9N5OS.BrH/c1-6-8(7-5-17-10(16)14-13-7)15-4-2-3-11-9(15)12-6;/h2-4H,5H2,1H3,(H,14,16);1H. The topological polar surface area (TPSA) is 71.7 Å². The predicted molar refractivity (Wildman–Crippen MR) is 75.6 cm³/mol. The van der Waals surface area contributed by atoms with Crippen molar-refractivity contribution in [3.8, 4) is 0 Å². The number of carbonyl (C=O) groups excluding carboxylic acids is 1. The molecule has 0 saturated carbocycles. The average Bonchev–Trinajstić information content (AvgIpc) is 2.66. The average molecular weight is 328 g/mol. The van der Waals surface area contributed by atoms with Crippen molar-refractivity contribution >= 4 is 45.5 Å². The summed E-state index contributed by atoms with van der Waals surface area (Å²) < 4.78 is 1.88. The summed E-state index contributed by atoms with van der Waals surface area (Å²) in [6.07, 6.45) is 3.59. The number of thioether (sulfide) groups is 1. The lowest BCUT2D eigenvalue weighted by Crippen LogP contribution is -2.25. The molecule has 0 bridgehead atoms. The molecule has 18 heavy (non-hydrogen) atoms. The van der Waals surface area contributed by atoms with Gasteiger partial charge in [0.1, 0.15) is 0 Å². The first kappa shape index (κ1) is 13.0. The summed E-state index contributed by atoms with van der Waals surface area (Å²) in [6, 6.07) is 1.84. The number of aromatic nitrogens is 3. The van der Waals surface area contributed by atoms with Crippen LogP contribution in [0.1, 0.15) is 11.4 Å². The molecule has 0 radical (unpaired) electrons. The van der Waals surface area contributed by atoms with Crippen LogP contribution in [0.25, 0.3) is 5.78 Å². The van der Waals surface area contributed by atoms with Crippen LogP contribution in [0.5, 0.6) is 0 Å². The van der Waals surface area contributed by atoms with Crippen LogP contribution in [0.3, 0.4) is 0 Å². The number of hydrogen-bond acceptors (Lipinski definition) is 5. The van der Waals surface area contributed by atoms with Crippen LogP contribution in [0, 0.1) is 6.92 Å². The fourth-order valence-electron chi connectivity index (χ4n) is 1.78. The first-order chi connectivity index (χ1) is 8.25. The monoisotopic (exact) mass is 327 g/mol. The molecule has 0 spiro atoms. The second-order valence-corrected chi connectivity index (χ2v) is 4.53. The van der Waals surface area contributed by atoms with Crippen molar-refractivity contribution in [3.05, 3.63) is 29.8 Å². The molecule has 8 heteroatoms. The highest BCUT2D eigenvalue weighted by molar-refractivity contribution is 8.93. The van der Waals surface area contributed by atoms with E-state index in [-0.39, 0.29) is 22.2 Å². The molecule has 1 N–H and O–H groups in total. The van der Waals surface area contributed by atoms with E-state index in [0.717, 1.165) is 17.1 Å². The third kappa shape index (κ3) is 2.13. The number of hydrogen-bond donors (Lipinski definition) is 1. The number of halogens is 1. The number of amides is 1. The van der Waals surface area contributed by atoms with Gasteiger partial charge in [0.05, 0.1) is 17.1 Å². The normalized spacial score (nSPS) is 14.9. The fraction of sp³-hybridized carbons (Fsp3) is 0.200. The van der Waals surface area contributed by atoms with E-state index in [4.69, 9.17) is 0 Å². The van der Waals surface area contributed by atoms with E-state index in [2.05, 4.69) is 20.5 Å². The van der Waals surface area contributed by atoms with Crippen LogP contribution in [0.4, 0.5) is 4.79 Å². The molecule has 1 aliphatic rings. The minimum atomic E-state index is -0.127. The van der Waals surface area contributed by atoms with Gasteiger partial charge in [0.2, 0.25) is 5.78 Å². The number of imidazole rings is 1. The van der Waals surface area contributed by atoms with Crippen molar-refractivity contribution in [2.24, 2.45) is 5.10 Å². The quantitative estimate of drug-likeness (QED) is 0.866. The van der Waals surface area contributed by atoms with E-state index in [1.165, 1.54) is 11.8 Å². The lowest BCUT2D eigenvalue weighted by molar-refractivity contribution is 0.261. The van der Waals surface area contributed by atoms with Gasteiger partial charge in [-0.05, 0) is 13.0 Å². The minimum absolute atomic E-state index is 0. The molecule has 0 saturated heterocycles. The third-order valence-corrected chi connectivity index (χ3v) is 3.24. The van der Waals surface area contributed by atoms with Crippen LogP contribution in [0.15, 0.2) is 23.6 Å². The van der Waals surface area contributed by atoms with Crippen LogP contribution >= 0.6 is 28.7 Å². The molecular formula is C10H10BrN5OS. The Kier molecular flexibility index (Phi) is 3.67. The smallest absolute Gasteiger partial charge is 0.282 e. The number of hydrazone groups is 1. The van der Waals surface area contributed by atoms with E-state index in [1.54, 1.807) is 6.20 Å². The Labute approximate surface area is 118 Å². The summed E-state index contributed by atoms with van der Waals surface area (Å²) >= 11 is 1.20. The van der Waals surface area contributed by atoms with Gasteiger partial charge in [-0.2, -0.15) is 5.10 Å². The molecular weight excluding hydrogens is 318 g/mol. The van der Waals surface area contributed by atoms with E-state index in [1.807, 2.05) is 23.6 Å². The molecule has 94 valence electrons. The molecule has 6 nitrogen and oxygen atoms in total. The van der Waals surface area contributed by atoms with Crippen molar-refractivity contribution in [1.29, 1.82) is 0 Å². The SMILES string of the molecule is Br.Cc1nc2ncccn2c1C1=NNC(=O)SC1. The maximum atomic E-state index is 11.0. The van der Waals surface area contributed by atoms with Crippen molar-refractivity contribution in [1.82, 2.24) is 19.8 Å². The Morgan fingerprint density at radius 1 is 1.50 bits per heavy atom. The predicted octanol–water partition coefficient (Wildman–Crippen LogP) is 1.78. The molecule has 3 rings (SSSR count). The van der Waals surface area contributed by atoms with Gasteiger partial charge in [-0.15, -0.1) is 17.0 Å². The summed E-state index contributed by atoms with van der Waals surface area (Å²) in [5, 5.41) is 3.95. The summed E-state index contributed by atoms with van der Waals surface area (Å²) in [5.41, 5.74) is 5.04. The summed E-state index contributed by atoms with van der Waals surface area (Å²) in [4.78, 5) is 19.6. The number of nitrogens with zero attached hydrogens (tertiary/aromatic N) is 4. The number of aryl methyl sites for hydroxylation is 1. The Balaban J connectivity index is 0.00000120. The van der Waals surface area contributed by atoms with Gasteiger partial charge in [0, 0.05) is 18.1 Å². The molecule has 1 amide bonds. The molecule has 0 fully saturated rings. The highest BCUT2D eigenvalue weighted by atomic mass is 79.9. The van der Waals surface area contributed by atoms with Crippen molar-refractivity contribution < 1.29 is 4.79 Å². The molecule has 0 aromatic carbocycles. The van der Waals surface area contributed by atoms with Gasteiger partial charge >= 0.3 is 0 Å². The molecule has 2 aromatic rings. The maximum absolute atomic E-state index is 11.0. The van der Waals surface area contributed by atoms with Gasteiger partial charge in [-0.3, -0.25) is 9.20 Å². The van der Waals surface area contributed by atoms with Crippen LogP contribution in [-0.2, 0) is 0 Å². The zero-order valence-corrected chi connectivity index (χ0v) is 12.0. The van der Waals surface area contributed by atoms with E-state index in [0.29, 0.717) is 11.5 Å². The van der Waals surface area contributed by atoms with Crippen molar-refractivity contribution in [2.45, 2.75) is 6.92 Å². The van der Waals surface area contributed by atoms with Gasteiger partial charge in [0.25, 0.3) is 5.24 Å². The highest BCUT2D eigenvalue weighted by Gasteiger charge is 2.20. The fourth-order valence-corrected chi connectivity index (χ4v) is 2.36. The summed E-state index contributed by atoms with van der Waals surface area (Å²) in [7, 11) is 0. The molecule has 2 aromatic heterocycles. The maximum Gasteiger partial charge on any atom is 0.299 e. The van der Waals surface area contributed by atoms with Crippen LogP contribution in [-0.4, -0.2) is 31.1 Å². The first-order valence-corrected chi connectivity index (χ1v) is 6.03. The second-order valence-electron chi connectivity index (χ2n) is 3.58. The molecule has 1 aliphatic heterocycles. The Bertz CT molecular complexity index is 638. The van der Waals surface area contributed by atoms with Gasteiger partial charge < -0.3 is 0 Å². The van der Waals surface area contributed by atoms with Crippen molar-refractivity contribution in [2.75, 3.05) is 5.75 Å². The van der Waals surface area contributed by atoms with Crippen molar-refractivity contribution in [3.63, 3.8) is 0 Å². The Hall–Kier alpha value is -1.41. The Morgan fingerprint density at radius 2 is 2.33 bits per heavy atom. The molecule has 0 aliphatic carbocycles. The number of carbonyl (C=O) groups is 1. The summed E-state index contributed by atoms with van der Waals surface area (Å²) in [6.45, 7) is 1.91. The van der Waals surface area contributed by atoms with E-state index >= 15 is 0 Å². The summed E-state index contributed by atoms with van der Waals surface area (Å²) in [5.74, 6) is 1.19. The van der Waals surface area contributed by atoms with Gasteiger partial charge in [0.15, 0.2) is 0 Å².